The number of nitrogens with one attached hydrogen (secondary N) is 1. The SMILES string of the molecule is Nc1ccc(Nc2cc(Cl)ccc2Cl)c(N)c1. The Morgan fingerprint density at radius 1 is 0.882 bits per heavy atom. The third kappa shape index (κ3) is 2.75. The summed E-state index contributed by atoms with van der Waals surface area (Å²) in [6.07, 6.45) is 0. The fourth-order valence-electron chi connectivity index (χ4n) is 1.43. The van der Waals surface area contributed by atoms with E-state index in [0.717, 1.165) is 5.69 Å². The molecule has 2 aromatic carbocycles. The second kappa shape index (κ2) is 4.73. The number of hydrogen-bond acceptors (Lipinski definition) is 3. The molecule has 0 spiro atoms. The van der Waals surface area contributed by atoms with Crippen molar-refractivity contribution in [2.75, 3.05) is 16.8 Å². The van der Waals surface area contributed by atoms with Crippen LogP contribution in [0.15, 0.2) is 36.4 Å². The number of nitrogen functional groups attached to an aromatic ring is 2. The van der Waals surface area contributed by atoms with E-state index in [2.05, 4.69) is 5.32 Å². The average Bonchev–Trinajstić information content (AvgIpc) is 2.27. The van der Waals surface area contributed by atoms with Gasteiger partial charge in [-0.3, -0.25) is 0 Å². The Kier molecular flexibility index (Phi) is 3.31. The van der Waals surface area contributed by atoms with Crippen LogP contribution in [-0.2, 0) is 0 Å². The van der Waals surface area contributed by atoms with Gasteiger partial charge in [0.1, 0.15) is 0 Å². The highest BCUT2D eigenvalue weighted by molar-refractivity contribution is 6.35. The number of nitrogens with two attached hydrogens (primary N) is 2. The molecule has 0 aromatic heterocycles. The molecule has 2 rings (SSSR count). The molecular formula is C12H11Cl2N3. The van der Waals surface area contributed by atoms with Crippen LogP contribution in [0.2, 0.25) is 10.0 Å². The lowest BCUT2D eigenvalue weighted by molar-refractivity contribution is 1.54. The first-order chi connectivity index (χ1) is 8.06. The van der Waals surface area contributed by atoms with Crippen molar-refractivity contribution in [3.8, 4) is 0 Å². The van der Waals surface area contributed by atoms with Crippen LogP contribution in [0.25, 0.3) is 0 Å². The Balaban J connectivity index is 2.34. The van der Waals surface area contributed by atoms with E-state index in [9.17, 15) is 0 Å². The first-order valence-electron chi connectivity index (χ1n) is 4.93. The number of anilines is 4. The molecule has 0 bridgehead atoms. The maximum Gasteiger partial charge on any atom is 0.0642 e. The fraction of sp³-hybridized carbons (Fsp3) is 0. The molecular weight excluding hydrogens is 257 g/mol. The Morgan fingerprint density at radius 3 is 2.35 bits per heavy atom. The first-order valence-corrected chi connectivity index (χ1v) is 5.69. The van der Waals surface area contributed by atoms with Gasteiger partial charge in [-0.1, -0.05) is 23.2 Å². The number of halogens is 2. The zero-order valence-corrected chi connectivity index (χ0v) is 10.4. The summed E-state index contributed by atoms with van der Waals surface area (Å²) in [5.41, 5.74) is 14.1. The van der Waals surface area contributed by atoms with E-state index < -0.39 is 0 Å². The second-order valence-electron chi connectivity index (χ2n) is 3.60. The van der Waals surface area contributed by atoms with Gasteiger partial charge in [-0.05, 0) is 36.4 Å². The van der Waals surface area contributed by atoms with Crippen LogP contribution in [0.1, 0.15) is 0 Å². The Labute approximate surface area is 109 Å². The Bertz CT molecular complexity index is 555. The van der Waals surface area contributed by atoms with Gasteiger partial charge < -0.3 is 16.8 Å². The zero-order chi connectivity index (χ0) is 12.4. The predicted octanol–water partition coefficient (Wildman–Crippen LogP) is 3.90. The van der Waals surface area contributed by atoms with E-state index in [4.69, 9.17) is 34.7 Å². The van der Waals surface area contributed by atoms with Gasteiger partial charge in [0.15, 0.2) is 0 Å². The van der Waals surface area contributed by atoms with Gasteiger partial charge in [0.05, 0.1) is 22.1 Å². The highest BCUT2D eigenvalue weighted by Crippen LogP contribution is 2.31. The monoisotopic (exact) mass is 267 g/mol. The zero-order valence-electron chi connectivity index (χ0n) is 8.87. The lowest BCUT2D eigenvalue weighted by Crippen LogP contribution is -1.98. The summed E-state index contributed by atoms with van der Waals surface area (Å²) in [6, 6.07) is 10.4. The molecule has 5 heteroatoms. The molecule has 2 aromatic rings. The molecule has 0 amide bonds. The Hall–Kier alpha value is -1.58. The van der Waals surface area contributed by atoms with Gasteiger partial charge >= 0.3 is 0 Å². The largest absolute Gasteiger partial charge is 0.399 e. The lowest BCUT2D eigenvalue weighted by Gasteiger charge is -2.11. The van der Waals surface area contributed by atoms with Crippen molar-refractivity contribution in [2.45, 2.75) is 0 Å². The van der Waals surface area contributed by atoms with Crippen molar-refractivity contribution in [1.29, 1.82) is 0 Å². The topological polar surface area (TPSA) is 64.1 Å². The maximum absolute atomic E-state index is 6.04. The predicted molar refractivity (Wildman–Crippen MR) is 75.0 cm³/mol. The molecule has 0 atom stereocenters. The molecule has 88 valence electrons. The first kappa shape index (κ1) is 11.9. The molecule has 0 radical (unpaired) electrons. The molecule has 0 aliphatic carbocycles. The molecule has 3 nitrogen and oxygen atoms in total. The summed E-state index contributed by atoms with van der Waals surface area (Å²) in [6.45, 7) is 0. The molecule has 0 heterocycles. The third-order valence-electron chi connectivity index (χ3n) is 2.27. The highest BCUT2D eigenvalue weighted by atomic mass is 35.5. The van der Waals surface area contributed by atoms with Crippen molar-refractivity contribution in [3.63, 3.8) is 0 Å². The van der Waals surface area contributed by atoms with Crippen LogP contribution in [0.5, 0.6) is 0 Å². The summed E-state index contributed by atoms with van der Waals surface area (Å²) in [5, 5.41) is 4.29. The minimum atomic E-state index is 0.557. The molecule has 0 aliphatic heterocycles. The third-order valence-corrected chi connectivity index (χ3v) is 2.84. The standard InChI is InChI=1S/C12H11Cl2N3/c13-7-1-3-9(14)12(5-7)17-11-4-2-8(15)6-10(11)16/h1-6,17H,15-16H2. The van der Waals surface area contributed by atoms with Crippen molar-refractivity contribution in [1.82, 2.24) is 0 Å². The van der Waals surface area contributed by atoms with Crippen LogP contribution >= 0.6 is 23.2 Å². The van der Waals surface area contributed by atoms with E-state index >= 15 is 0 Å². The summed E-state index contributed by atoms with van der Waals surface area (Å²) in [4.78, 5) is 0. The minimum absolute atomic E-state index is 0.557. The quantitative estimate of drug-likeness (QED) is 0.724. The molecule has 5 N–H and O–H groups in total. The number of hydrogen-bond donors (Lipinski definition) is 3. The minimum Gasteiger partial charge on any atom is -0.399 e. The molecule has 0 unspecified atom stereocenters. The number of rotatable bonds is 2. The van der Waals surface area contributed by atoms with Gasteiger partial charge in [-0.15, -0.1) is 0 Å². The molecule has 0 saturated heterocycles. The summed E-state index contributed by atoms with van der Waals surface area (Å²) >= 11 is 11.9. The fourth-order valence-corrected chi connectivity index (χ4v) is 1.77. The lowest BCUT2D eigenvalue weighted by atomic mass is 10.2. The van der Waals surface area contributed by atoms with Crippen LogP contribution in [0, 0.1) is 0 Å². The van der Waals surface area contributed by atoms with Crippen molar-refractivity contribution in [2.24, 2.45) is 0 Å². The number of benzene rings is 2. The molecule has 0 saturated carbocycles. The smallest absolute Gasteiger partial charge is 0.0642 e. The van der Waals surface area contributed by atoms with E-state index in [-0.39, 0.29) is 0 Å². The summed E-state index contributed by atoms with van der Waals surface area (Å²) < 4.78 is 0. The van der Waals surface area contributed by atoms with Crippen molar-refractivity contribution >= 4 is 46.0 Å². The highest BCUT2D eigenvalue weighted by Gasteiger charge is 2.04. The van der Waals surface area contributed by atoms with E-state index in [1.807, 2.05) is 0 Å². The summed E-state index contributed by atoms with van der Waals surface area (Å²) in [7, 11) is 0. The average molecular weight is 268 g/mol. The molecule has 0 fully saturated rings. The van der Waals surface area contributed by atoms with Crippen molar-refractivity contribution < 1.29 is 0 Å². The Morgan fingerprint density at radius 2 is 1.65 bits per heavy atom. The van der Waals surface area contributed by atoms with Gasteiger partial charge in [0.25, 0.3) is 0 Å². The summed E-state index contributed by atoms with van der Waals surface area (Å²) in [5.74, 6) is 0. The maximum atomic E-state index is 6.04. The van der Waals surface area contributed by atoms with Crippen LogP contribution in [0.4, 0.5) is 22.7 Å². The molecule has 0 aliphatic rings. The van der Waals surface area contributed by atoms with Gasteiger partial charge in [0, 0.05) is 10.7 Å². The van der Waals surface area contributed by atoms with E-state index in [1.165, 1.54) is 0 Å². The van der Waals surface area contributed by atoms with Gasteiger partial charge in [-0.25, -0.2) is 0 Å². The van der Waals surface area contributed by atoms with Crippen LogP contribution in [0.3, 0.4) is 0 Å². The van der Waals surface area contributed by atoms with Gasteiger partial charge in [-0.2, -0.15) is 0 Å². The molecule has 17 heavy (non-hydrogen) atoms. The van der Waals surface area contributed by atoms with Crippen LogP contribution < -0.4 is 16.8 Å². The van der Waals surface area contributed by atoms with Crippen LogP contribution in [-0.4, -0.2) is 0 Å². The normalized spacial score (nSPS) is 10.2. The van der Waals surface area contributed by atoms with Crippen molar-refractivity contribution in [3.05, 3.63) is 46.4 Å². The van der Waals surface area contributed by atoms with Gasteiger partial charge in [0.2, 0.25) is 0 Å². The van der Waals surface area contributed by atoms with E-state index in [1.54, 1.807) is 36.4 Å². The van der Waals surface area contributed by atoms with E-state index in [0.29, 0.717) is 27.1 Å². The second-order valence-corrected chi connectivity index (χ2v) is 4.44.